The first-order valence-corrected chi connectivity index (χ1v) is 16.7. The van der Waals surface area contributed by atoms with Crippen LogP contribution in [0.5, 0.6) is 0 Å². The van der Waals surface area contributed by atoms with E-state index in [-0.39, 0.29) is 47.9 Å². The maximum Gasteiger partial charge on any atom is 0.407 e. The monoisotopic (exact) mass is 750 g/mol. The molecule has 4 amide bonds. The summed E-state index contributed by atoms with van der Waals surface area (Å²) in [4.78, 5) is 50.8. The highest BCUT2D eigenvalue weighted by Gasteiger charge is 2.41. The second-order valence-electron chi connectivity index (χ2n) is 11.0. The molecular weight excluding hydrogens is 711 g/mol. The van der Waals surface area contributed by atoms with Crippen LogP contribution in [0.15, 0.2) is 34.3 Å². The van der Waals surface area contributed by atoms with Crippen LogP contribution in [0.2, 0.25) is 0 Å². The van der Waals surface area contributed by atoms with Gasteiger partial charge in [0.25, 0.3) is 0 Å². The van der Waals surface area contributed by atoms with E-state index in [1.807, 2.05) is 32.0 Å². The molecule has 0 saturated heterocycles. The first-order valence-electron chi connectivity index (χ1n) is 14.4. The number of nitrogens with two attached hydrogens (primary N) is 1. The summed E-state index contributed by atoms with van der Waals surface area (Å²) >= 11 is 20.6. The van der Waals surface area contributed by atoms with Crippen LogP contribution in [-0.2, 0) is 19.1 Å². The highest BCUT2D eigenvalue weighted by atomic mass is 79.9. The van der Waals surface area contributed by atoms with Gasteiger partial charge in [0.2, 0.25) is 11.8 Å². The number of rotatable bonds is 14. The molecule has 0 saturated carbocycles. The van der Waals surface area contributed by atoms with Crippen LogP contribution >= 0.6 is 51.3 Å². The molecule has 1 aliphatic rings. The molecule has 0 heterocycles. The molecule has 0 fully saturated rings. The molecule has 7 N–H and O–H groups in total. The maximum atomic E-state index is 13.4. The number of benzene rings is 1. The molecule has 12 nitrogen and oxygen atoms in total. The Labute approximate surface area is 287 Å². The predicted molar refractivity (Wildman–Crippen MR) is 183 cm³/mol. The van der Waals surface area contributed by atoms with Crippen LogP contribution in [0, 0.1) is 5.92 Å². The van der Waals surface area contributed by atoms with Crippen LogP contribution in [0.3, 0.4) is 0 Å². The van der Waals surface area contributed by atoms with E-state index in [9.17, 15) is 19.2 Å². The average Bonchev–Trinajstić information content (AvgIpc) is 2.96. The molecule has 4 atom stereocenters. The summed E-state index contributed by atoms with van der Waals surface area (Å²) < 4.78 is 12.1. The zero-order chi connectivity index (χ0) is 33.7. The first kappa shape index (κ1) is 38.4. The van der Waals surface area contributed by atoms with Crippen molar-refractivity contribution in [2.45, 2.75) is 70.7 Å². The van der Waals surface area contributed by atoms with Crippen molar-refractivity contribution in [2.75, 3.05) is 30.2 Å². The number of carbonyl (C=O) groups is 4. The lowest BCUT2D eigenvalue weighted by molar-refractivity contribution is -0.126. The molecule has 0 aromatic heterocycles. The maximum absolute atomic E-state index is 13.4. The van der Waals surface area contributed by atoms with Crippen LogP contribution in [-0.4, -0.2) is 78.3 Å². The van der Waals surface area contributed by atoms with Gasteiger partial charge in [-0.1, -0.05) is 33.8 Å². The molecule has 2 rings (SSSR count). The van der Waals surface area contributed by atoms with Crippen molar-refractivity contribution in [3.8, 4) is 0 Å². The first-order chi connectivity index (χ1) is 21.2. The third-order valence-electron chi connectivity index (χ3n) is 6.60. The summed E-state index contributed by atoms with van der Waals surface area (Å²) in [6, 6.07) is 3.91. The van der Waals surface area contributed by atoms with E-state index in [4.69, 9.17) is 50.6 Å². The number of carbonyl (C=O) groups excluding carboxylic acids is 4. The number of nitrogens with one attached hydrogen (secondary N) is 5. The minimum atomic E-state index is -1.15. The number of hydrogen-bond acceptors (Lipinski definition) is 7. The Bertz CT molecular complexity index is 1250. The van der Waals surface area contributed by atoms with Crippen molar-refractivity contribution in [1.82, 2.24) is 21.3 Å². The lowest BCUT2D eigenvalue weighted by atomic mass is 9.89. The van der Waals surface area contributed by atoms with Gasteiger partial charge in [-0.15, -0.1) is 23.2 Å². The molecule has 0 radical (unpaired) electrons. The molecule has 1 aromatic carbocycles. The second-order valence-corrected chi connectivity index (χ2v) is 13.0. The van der Waals surface area contributed by atoms with E-state index in [0.29, 0.717) is 18.0 Å². The summed E-state index contributed by atoms with van der Waals surface area (Å²) in [6.07, 6.45) is -2.26. The summed E-state index contributed by atoms with van der Waals surface area (Å²) in [5.74, 6) is -0.627. The van der Waals surface area contributed by atoms with Crippen LogP contribution in [0.4, 0.5) is 15.3 Å². The quantitative estimate of drug-likeness (QED) is 0.120. The van der Waals surface area contributed by atoms with Crippen LogP contribution < -0.4 is 32.3 Å². The average molecular weight is 753 g/mol. The van der Waals surface area contributed by atoms with Crippen molar-refractivity contribution in [2.24, 2.45) is 11.7 Å². The van der Waals surface area contributed by atoms with Gasteiger partial charge in [-0.05, 0) is 70.2 Å². The van der Waals surface area contributed by atoms with Gasteiger partial charge in [0, 0.05) is 41.3 Å². The van der Waals surface area contributed by atoms with E-state index in [1.165, 1.54) is 6.08 Å². The third kappa shape index (κ3) is 12.8. The number of ether oxygens (including phenoxy) is 2. The number of thiocarbonyl (C=S) groups is 1. The Balaban J connectivity index is 2.45. The minimum Gasteiger partial charge on any atom is -0.442 e. The molecule has 0 unspecified atom stereocenters. The lowest BCUT2D eigenvalue weighted by Gasteiger charge is -2.36. The highest BCUT2D eigenvalue weighted by Crippen LogP contribution is 2.28. The van der Waals surface area contributed by atoms with Gasteiger partial charge < -0.3 is 41.8 Å². The molecule has 0 bridgehead atoms. The van der Waals surface area contributed by atoms with Crippen molar-refractivity contribution in [1.29, 1.82) is 0 Å². The topological polar surface area (TPSA) is 173 Å². The fourth-order valence-corrected chi connectivity index (χ4v) is 5.34. The van der Waals surface area contributed by atoms with Crippen molar-refractivity contribution in [3.05, 3.63) is 39.9 Å². The normalized spacial score (nSPS) is 18.3. The smallest absolute Gasteiger partial charge is 0.407 e. The molecule has 250 valence electrons. The van der Waals surface area contributed by atoms with E-state index in [2.05, 4.69) is 56.4 Å². The molecule has 16 heteroatoms. The van der Waals surface area contributed by atoms with E-state index < -0.39 is 48.3 Å². The van der Waals surface area contributed by atoms with Crippen molar-refractivity contribution < 1.29 is 28.7 Å². The minimum absolute atomic E-state index is 0.0703. The van der Waals surface area contributed by atoms with Gasteiger partial charge in [0.15, 0.2) is 11.2 Å². The molecule has 45 heavy (non-hydrogen) atoms. The van der Waals surface area contributed by atoms with E-state index in [0.717, 1.165) is 10.0 Å². The number of anilines is 1. The number of primary amides is 1. The molecule has 1 aliphatic carbocycles. The Morgan fingerprint density at radius 3 is 2.20 bits per heavy atom. The molecule has 0 aliphatic heterocycles. The molecule has 1 aromatic rings. The predicted octanol–water partition coefficient (Wildman–Crippen LogP) is 4.24. The van der Waals surface area contributed by atoms with Gasteiger partial charge in [-0.3, -0.25) is 9.59 Å². The van der Waals surface area contributed by atoms with Crippen LogP contribution in [0.25, 0.3) is 0 Å². The second kappa shape index (κ2) is 19.0. The molecule has 0 spiro atoms. The van der Waals surface area contributed by atoms with Crippen LogP contribution in [0.1, 0.15) is 52.0 Å². The van der Waals surface area contributed by atoms with Gasteiger partial charge in [0.05, 0.1) is 11.7 Å². The van der Waals surface area contributed by atoms with Crippen molar-refractivity contribution in [3.63, 3.8) is 0 Å². The number of alkyl carbamates (subject to hydrolysis) is 2. The third-order valence-corrected chi connectivity index (χ3v) is 7.86. The largest absolute Gasteiger partial charge is 0.442 e. The Hall–Kier alpha value is -2.81. The summed E-state index contributed by atoms with van der Waals surface area (Å²) in [6.45, 7) is 8.19. The lowest BCUT2D eigenvalue weighted by Crippen LogP contribution is -2.56. The fourth-order valence-electron chi connectivity index (χ4n) is 4.41. The van der Waals surface area contributed by atoms with Gasteiger partial charge in [-0.25, -0.2) is 9.59 Å². The zero-order valence-electron chi connectivity index (χ0n) is 25.6. The summed E-state index contributed by atoms with van der Waals surface area (Å²) in [7, 11) is 0. The number of alkyl halides is 2. The number of halogens is 3. The zero-order valence-corrected chi connectivity index (χ0v) is 29.5. The van der Waals surface area contributed by atoms with E-state index in [1.54, 1.807) is 0 Å². The highest BCUT2D eigenvalue weighted by molar-refractivity contribution is 9.10. The Morgan fingerprint density at radius 2 is 1.67 bits per heavy atom. The fraction of sp³-hybridized carbons (Fsp3) is 0.552. The molecular formula is C29H41BrCl2N6O6S. The van der Waals surface area contributed by atoms with Gasteiger partial charge in [0.1, 0.15) is 12.1 Å². The Kier molecular flexibility index (Phi) is 16.2. The Morgan fingerprint density at radius 1 is 1.04 bits per heavy atom. The number of hydrogen-bond donors (Lipinski definition) is 6. The van der Waals surface area contributed by atoms with Gasteiger partial charge in [-0.2, -0.15) is 0 Å². The van der Waals surface area contributed by atoms with E-state index >= 15 is 0 Å². The number of amides is 4. The standard InChI is InChI=1S/C29H41BrCl2N6O6S/c1-15(2)11-22(25(33)39)36-26(40)18-13-21(38-27(45)37-20-6-5-17(16(3)4)12-19(20)30)24(44-29(42)35-10-8-32)23(14-18)43-28(41)34-9-7-31/h5-6,12-13,15-16,21-24H,7-11,14H2,1-4H3,(H2,33,39)(H,34,41)(H,35,42)(H,36,40)(H2,37,38,45)/t21-,22-,23-,24-/m1/s1. The summed E-state index contributed by atoms with van der Waals surface area (Å²) in [5, 5.41) is 14.0. The SMILES string of the molecule is CC(C)C[C@@H](NC(=O)C1=C[C@@H](NC(=S)Nc2ccc(C(C)C)cc2Br)[C@@H](OC(=O)NCCCl)[C@H](OC(=O)NCCCl)C1)C(N)=O. The summed E-state index contributed by atoms with van der Waals surface area (Å²) in [5.41, 5.74) is 7.49. The van der Waals surface area contributed by atoms with Gasteiger partial charge >= 0.3 is 12.2 Å². The van der Waals surface area contributed by atoms with Crippen molar-refractivity contribution >= 4 is 86.2 Å².